The van der Waals surface area contributed by atoms with Crippen LogP contribution in [0.15, 0.2) is 52.2 Å². The van der Waals surface area contributed by atoms with Crippen molar-refractivity contribution in [1.29, 1.82) is 0 Å². The summed E-state index contributed by atoms with van der Waals surface area (Å²) in [5.41, 5.74) is 2.71. The van der Waals surface area contributed by atoms with Crippen LogP contribution in [0.5, 0.6) is 0 Å². The molecule has 7 heteroatoms. The molecule has 0 radical (unpaired) electrons. The maximum Gasteiger partial charge on any atom is 0.262 e. The molecule has 0 bridgehead atoms. The van der Waals surface area contributed by atoms with Gasteiger partial charge < -0.3 is 9.73 Å². The fourth-order valence-corrected chi connectivity index (χ4v) is 2.21. The molecule has 2 amide bonds. The standard InChI is InChI=1S/C17H18ClN3O3/c1-11(2)15(17(23)21-19-10-12-6-5-9-24-12)20-16(22)13-7-3-4-8-14(13)18/h3-11,15H,1-2H3,(H,20,22)(H,21,23)/b19-10-. The molecule has 0 spiro atoms. The van der Waals surface area contributed by atoms with Crippen molar-refractivity contribution in [2.45, 2.75) is 19.9 Å². The second kappa shape index (κ2) is 8.31. The van der Waals surface area contributed by atoms with Crippen LogP contribution in [0.2, 0.25) is 5.02 Å². The molecule has 1 atom stereocenters. The zero-order valence-electron chi connectivity index (χ0n) is 13.3. The Morgan fingerprint density at radius 1 is 1.21 bits per heavy atom. The number of benzene rings is 1. The largest absolute Gasteiger partial charge is 0.463 e. The van der Waals surface area contributed by atoms with Crippen LogP contribution >= 0.6 is 11.6 Å². The number of nitrogens with zero attached hydrogens (tertiary/aromatic N) is 1. The average molecular weight is 348 g/mol. The maximum atomic E-state index is 12.3. The van der Waals surface area contributed by atoms with Crippen molar-refractivity contribution in [3.63, 3.8) is 0 Å². The average Bonchev–Trinajstić information content (AvgIpc) is 3.05. The van der Waals surface area contributed by atoms with Gasteiger partial charge in [-0.1, -0.05) is 37.6 Å². The van der Waals surface area contributed by atoms with Gasteiger partial charge in [0, 0.05) is 0 Å². The number of nitrogens with one attached hydrogen (secondary N) is 2. The first kappa shape index (κ1) is 17.7. The van der Waals surface area contributed by atoms with Crippen molar-refractivity contribution >= 4 is 29.6 Å². The molecule has 0 aliphatic rings. The van der Waals surface area contributed by atoms with Crippen LogP contribution in [0.3, 0.4) is 0 Å². The predicted molar refractivity (Wildman–Crippen MR) is 92.0 cm³/mol. The van der Waals surface area contributed by atoms with E-state index in [1.165, 1.54) is 12.5 Å². The van der Waals surface area contributed by atoms with Crippen molar-refractivity contribution < 1.29 is 14.0 Å². The monoisotopic (exact) mass is 347 g/mol. The Kier molecular flexibility index (Phi) is 6.14. The molecule has 0 aliphatic carbocycles. The second-order valence-electron chi connectivity index (χ2n) is 5.42. The smallest absolute Gasteiger partial charge is 0.262 e. The van der Waals surface area contributed by atoms with E-state index in [2.05, 4.69) is 15.8 Å². The normalized spacial score (nSPS) is 12.3. The molecule has 24 heavy (non-hydrogen) atoms. The van der Waals surface area contributed by atoms with E-state index < -0.39 is 17.9 Å². The number of hydrogen-bond acceptors (Lipinski definition) is 4. The molecule has 0 saturated heterocycles. The van der Waals surface area contributed by atoms with Crippen LogP contribution in [-0.4, -0.2) is 24.1 Å². The third-order valence-corrected chi connectivity index (χ3v) is 3.59. The Hall–Kier alpha value is -2.60. The third kappa shape index (κ3) is 4.70. The molecule has 126 valence electrons. The lowest BCUT2D eigenvalue weighted by molar-refractivity contribution is -0.123. The minimum atomic E-state index is -0.748. The lowest BCUT2D eigenvalue weighted by atomic mass is 10.0. The SMILES string of the molecule is CC(C)C(NC(=O)c1ccccc1Cl)C(=O)N/N=C\c1ccco1. The summed E-state index contributed by atoms with van der Waals surface area (Å²) in [4.78, 5) is 24.6. The van der Waals surface area contributed by atoms with Crippen molar-refractivity contribution in [3.8, 4) is 0 Å². The van der Waals surface area contributed by atoms with Gasteiger partial charge in [0.2, 0.25) is 0 Å². The number of amides is 2. The topological polar surface area (TPSA) is 83.7 Å². The van der Waals surface area contributed by atoms with Crippen molar-refractivity contribution in [3.05, 3.63) is 59.0 Å². The van der Waals surface area contributed by atoms with Crippen LogP contribution in [0.25, 0.3) is 0 Å². The van der Waals surface area contributed by atoms with Gasteiger partial charge in [-0.15, -0.1) is 0 Å². The van der Waals surface area contributed by atoms with E-state index in [9.17, 15) is 9.59 Å². The fourth-order valence-electron chi connectivity index (χ4n) is 1.99. The molecule has 0 aliphatic heterocycles. The molecule has 1 aromatic carbocycles. The Balaban J connectivity index is 2.02. The number of halogens is 1. The third-order valence-electron chi connectivity index (χ3n) is 3.26. The van der Waals surface area contributed by atoms with E-state index in [1.54, 1.807) is 36.4 Å². The molecule has 2 N–H and O–H groups in total. The molecular formula is C17H18ClN3O3. The Morgan fingerprint density at radius 3 is 2.58 bits per heavy atom. The number of hydrazone groups is 1. The van der Waals surface area contributed by atoms with E-state index in [-0.39, 0.29) is 5.92 Å². The first-order valence-electron chi connectivity index (χ1n) is 7.41. The van der Waals surface area contributed by atoms with Crippen LogP contribution in [0, 0.1) is 5.92 Å². The highest BCUT2D eigenvalue weighted by Gasteiger charge is 2.25. The lowest BCUT2D eigenvalue weighted by Gasteiger charge is -2.20. The molecule has 0 saturated carbocycles. The fraction of sp³-hybridized carbons (Fsp3) is 0.235. The van der Waals surface area contributed by atoms with E-state index >= 15 is 0 Å². The number of furan rings is 1. The minimum absolute atomic E-state index is 0.129. The minimum Gasteiger partial charge on any atom is -0.463 e. The molecule has 1 unspecified atom stereocenters. The summed E-state index contributed by atoms with van der Waals surface area (Å²) in [7, 11) is 0. The van der Waals surface area contributed by atoms with Crippen LogP contribution in [-0.2, 0) is 4.79 Å². The predicted octanol–water partition coefficient (Wildman–Crippen LogP) is 2.84. The molecule has 6 nitrogen and oxygen atoms in total. The van der Waals surface area contributed by atoms with E-state index in [1.807, 2.05) is 13.8 Å². The van der Waals surface area contributed by atoms with E-state index in [0.717, 1.165) is 0 Å². The highest BCUT2D eigenvalue weighted by molar-refractivity contribution is 6.33. The van der Waals surface area contributed by atoms with Crippen molar-refractivity contribution in [1.82, 2.24) is 10.7 Å². The summed E-state index contributed by atoms with van der Waals surface area (Å²) in [5.74, 6) is -0.454. The summed E-state index contributed by atoms with van der Waals surface area (Å²) < 4.78 is 5.07. The van der Waals surface area contributed by atoms with Crippen molar-refractivity contribution in [2.75, 3.05) is 0 Å². The van der Waals surface area contributed by atoms with Gasteiger partial charge in [0.1, 0.15) is 11.8 Å². The van der Waals surface area contributed by atoms with Gasteiger partial charge >= 0.3 is 0 Å². The van der Waals surface area contributed by atoms with Crippen LogP contribution in [0.1, 0.15) is 30.0 Å². The van der Waals surface area contributed by atoms with Gasteiger partial charge in [-0.2, -0.15) is 5.10 Å². The van der Waals surface area contributed by atoms with Crippen molar-refractivity contribution in [2.24, 2.45) is 11.0 Å². The molecule has 2 aromatic rings. The summed E-state index contributed by atoms with van der Waals surface area (Å²) in [6.07, 6.45) is 2.88. The van der Waals surface area contributed by atoms with Crippen LogP contribution in [0.4, 0.5) is 0 Å². The van der Waals surface area contributed by atoms with Crippen LogP contribution < -0.4 is 10.7 Å². The van der Waals surface area contributed by atoms with E-state index in [4.69, 9.17) is 16.0 Å². The number of hydrogen-bond donors (Lipinski definition) is 2. The number of rotatable bonds is 6. The molecule has 2 rings (SSSR count). The highest BCUT2D eigenvalue weighted by atomic mass is 35.5. The Morgan fingerprint density at radius 2 is 1.96 bits per heavy atom. The lowest BCUT2D eigenvalue weighted by Crippen LogP contribution is -2.48. The summed E-state index contributed by atoms with van der Waals surface area (Å²) >= 11 is 6.01. The Labute approximate surface area is 144 Å². The summed E-state index contributed by atoms with van der Waals surface area (Å²) in [6, 6.07) is 9.33. The first-order chi connectivity index (χ1) is 11.5. The van der Waals surface area contributed by atoms with Gasteiger partial charge in [-0.3, -0.25) is 9.59 Å². The number of carbonyl (C=O) groups excluding carboxylic acids is 2. The zero-order chi connectivity index (χ0) is 17.5. The molecule has 1 heterocycles. The zero-order valence-corrected chi connectivity index (χ0v) is 14.1. The highest BCUT2D eigenvalue weighted by Crippen LogP contribution is 2.15. The van der Waals surface area contributed by atoms with Gasteiger partial charge in [-0.25, -0.2) is 5.43 Å². The second-order valence-corrected chi connectivity index (χ2v) is 5.83. The quantitative estimate of drug-likeness (QED) is 0.622. The van der Waals surface area contributed by atoms with Gasteiger partial charge in [0.25, 0.3) is 11.8 Å². The molecule has 1 aromatic heterocycles. The summed E-state index contributed by atoms with van der Waals surface area (Å²) in [6.45, 7) is 3.65. The first-order valence-corrected chi connectivity index (χ1v) is 7.78. The molecular weight excluding hydrogens is 330 g/mol. The molecule has 0 fully saturated rings. The van der Waals surface area contributed by atoms with Gasteiger partial charge in [0.05, 0.1) is 23.1 Å². The number of carbonyl (C=O) groups is 2. The van der Waals surface area contributed by atoms with Gasteiger partial charge in [0.15, 0.2) is 0 Å². The maximum absolute atomic E-state index is 12.3. The van der Waals surface area contributed by atoms with E-state index in [0.29, 0.717) is 16.3 Å². The summed E-state index contributed by atoms with van der Waals surface area (Å²) in [5, 5.41) is 6.83. The van der Waals surface area contributed by atoms with Gasteiger partial charge in [-0.05, 0) is 30.2 Å². The Bertz CT molecular complexity index is 726.